The summed E-state index contributed by atoms with van der Waals surface area (Å²) in [6.45, 7) is -0.430. The predicted octanol–water partition coefficient (Wildman–Crippen LogP) is 4.56. The summed E-state index contributed by atoms with van der Waals surface area (Å²) in [6.07, 6.45) is -5.60. The van der Waals surface area contributed by atoms with Crippen LogP contribution in [0.5, 0.6) is 0 Å². The summed E-state index contributed by atoms with van der Waals surface area (Å²) in [7, 11) is 0. The smallest absolute Gasteiger partial charge is 0.448 e. The van der Waals surface area contributed by atoms with Crippen molar-refractivity contribution in [2.24, 2.45) is 0 Å². The van der Waals surface area contributed by atoms with Crippen LogP contribution in [0.25, 0.3) is 11.1 Å². The number of esters is 2. The Bertz CT molecular complexity index is 1410. The van der Waals surface area contributed by atoms with Gasteiger partial charge in [-0.3, -0.25) is 9.59 Å². The van der Waals surface area contributed by atoms with Crippen molar-refractivity contribution in [3.8, 4) is 11.1 Å². The van der Waals surface area contributed by atoms with Crippen LogP contribution in [0.15, 0.2) is 66.9 Å². The van der Waals surface area contributed by atoms with Crippen molar-refractivity contribution >= 4 is 41.4 Å². The summed E-state index contributed by atoms with van der Waals surface area (Å²) >= 11 is 5.82. The molecule has 1 unspecified atom stereocenters. The number of benzene rings is 2. The third-order valence-electron chi connectivity index (χ3n) is 5.41. The molecule has 1 atom stereocenters. The van der Waals surface area contributed by atoms with Crippen LogP contribution < -0.4 is 16.0 Å². The van der Waals surface area contributed by atoms with Crippen LogP contribution in [0.4, 0.5) is 28.2 Å². The van der Waals surface area contributed by atoms with Gasteiger partial charge in [0.15, 0.2) is 0 Å². The SMILES string of the molecule is O=C(CNC(=O)OCCNc1ccccn1)NC(CC(=O)OC(=O)C(F)(F)F)c1ccc(-c2ccc(F)c(Cl)c2)cc1. The van der Waals surface area contributed by atoms with E-state index < -0.39 is 54.9 Å². The molecule has 3 rings (SSSR count). The molecule has 0 spiro atoms. The highest BCUT2D eigenvalue weighted by Gasteiger charge is 2.42. The van der Waals surface area contributed by atoms with Gasteiger partial charge < -0.3 is 25.4 Å². The molecule has 1 heterocycles. The van der Waals surface area contributed by atoms with Crippen LogP contribution in [-0.4, -0.2) is 54.8 Å². The molecule has 0 saturated carbocycles. The Morgan fingerprint density at radius 2 is 1.69 bits per heavy atom. The fraction of sp³-hybridized carbons (Fsp3) is 0.222. The molecule has 0 aliphatic carbocycles. The number of rotatable bonds is 11. The van der Waals surface area contributed by atoms with Crippen molar-refractivity contribution in [1.82, 2.24) is 15.6 Å². The van der Waals surface area contributed by atoms with Gasteiger partial charge in [0.05, 0.1) is 24.0 Å². The van der Waals surface area contributed by atoms with Crippen LogP contribution >= 0.6 is 11.6 Å². The summed E-state index contributed by atoms with van der Waals surface area (Å²) in [5.41, 5.74) is 1.36. The van der Waals surface area contributed by atoms with Crippen LogP contribution in [0, 0.1) is 5.82 Å². The zero-order chi connectivity index (χ0) is 30.7. The molecule has 2 amide bonds. The highest BCUT2D eigenvalue weighted by atomic mass is 35.5. The number of anilines is 1. The first kappa shape index (κ1) is 31.8. The number of nitrogens with one attached hydrogen (secondary N) is 3. The van der Waals surface area contributed by atoms with E-state index in [9.17, 15) is 36.7 Å². The lowest BCUT2D eigenvalue weighted by Gasteiger charge is -2.19. The number of carbonyl (C=O) groups is 4. The number of nitrogens with zero attached hydrogens (tertiary/aromatic N) is 1. The number of halogens is 5. The highest BCUT2D eigenvalue weighted by Crippen LogP contribution is 2.27. The predicted molar refractivity (Wildman–Crippen MR) is 142 cm³/mol. The molecule has 42 heavy (non-hydrogen) atoms. The Hall–Kier alpha value is -4.72. The van der Waals surface area contributed by atoms with Gasteiger partial charge in [-0.2, -0.15) is 13.2 Å². The van der Waals surface area contributed by atoms with Crippen LogP contribution in [-0.2, 0) is 23.9 Å². The second-order valence-corrected chi connectivity index (χ2v) is 8.87. The minimum absolute atomic E-state index is 0.0582. The Kier molecular flexibility index (Phi) is 11.2. The van der Waals surface area contributed by atoms with E-state index in [2.05, 4.69) is 25.7 Å². The Labute approximate surface area is 241 Å². The molecule has 15 heteroatoms. The van der Waals surface area contributed by atoms with E-state index in [4.69, 9.17) is 16.3 Å². The summed E-state index contributed by atoms with van der Waals surface area (Å²) in [6, 6.07) is 13.9. The van der Waals surface area contributed by atoms with E-state index in [1.54, 1.807) is 36.5 Å². The van der Waals surface area contributed by atoms with Gasteiger partial charge in [0, 0.05) is 6.20 Å². The summed E-state index contributed by atoms with van der Waals surface area (Å²) < 4.78 is 59.9. The normalized spacial score (nSPS) is 11.6. The third kappa shape index (κ3) is 10.0. The van der Waals surface area contributed by atoms with Gasteiger partial charge in [0.25, 0.3) is 0 Å². The number of alkyl carbamates (subject to hydrolysis) is 1. The van der Waals surface area contributed by atoms with E-state index in [1.807, 2.05) is 0 Å². The molecule has 3 N–H and O–H groups in total. The molecule has 0 aliphatic heterocycles. The van der Waals surface area contributed by atoms with Gasteiger partial charge in [-0.05, 0) is 41.0 Å². The summed E-state index contributed by atoms with van der Waals surface area (Å²) in [5, 5.41) is 7.40. The maximum atomic E-state index is 13.5. The van der Waals surface area contributed by atoms with Crippen molar-refractivity contribution in [3.63, 3.8) is 0 Å². The van der Waals surface area contributed by atoms with E-state index in [1.165, 1.54) is 24.3 Å². The summed E-state index contributed by atoms with van der Waals surface area (Å²) in [5.74, 6) is -5.14. The maximum Gasteiger partial charge on any atom is 0.491 e. The lowest BCUT2D eigenvalue weighted by atomic mass is 9.99. The number of alkyl halides is 3. The van der Waals surface area contributed by atoms with Gasteiger partial charge >= 0.3 is 24.2 Å². The average molecular weight is 611 g/mol. The Morgan fingerprint density at radius 3 is 2.33 bits per heavy atom. The second-order valence-electron chi connectivity index (χ2n) is 8.47. The van der Waals surface area contributed by atoms with Crippen molar-refractivity contribution in [3.05, 3.63) is 83.3 Å². The zero-order valence-corrected chi connectivity index (χ0v) is 22.3. The number of carbonyl (C=O) groups excluding carboxylic acids is 4. The average Bonchev–Trinajstić information content (AvgIpc) is 2.95. The van der Waals surface area contributed by atoms with E-state index in [-0.39, 0.29) is 23.7 Å². The lowest BCUT2D eigenvalue weighted by molar-refractivity contribution is -0.202. The summed E-state index contributed by atoms with van der Waals surface area (Å²) in [4.78, 5) is 51.6. The number of hydrogen-bond acceptors (Lipinski definition) is 8. The number of pyridine rings is 1. The number of hydrogen-bond donors (Lipinski definition) is 3. The van der Waals surface area contributed by atoms with E-state index >= 15 is 0 Å². The first-order chi connectivity index (χ1) is 19.9. The molecule has 0 fully saturated rings. The fourth-order valence-corrected chi connectivity index (χ4v) is 3.62. The van der Waals surface area contributed by atoms with E-state index in [0.29, 0.717) is 16.9 Å². The van der Waals surface area contributed by atoms with Crippen LogP contribution in [0.2, 0.25) is 5.02 Å². The fourth-order valence-electron chi connectivity index (χ4n) is 3.44. The molecule has 222 valence electrons. The second kappa shape index (κ2) is 14.8. The first-order valence-electron chi connectivity index (χ1n) is 12.1. The van der Waals surface area contributed by atoms with Crippen LogP contribution in [0.3, 0.4) is 0 Å². The van der Waals surface area contributed by atoms with Crippen molar-refractivity contribution in [2.75, 3.05) is 25.0 Å². The van der Waals surface area contributed by atoms with Crippen LogP contribution in [0.1, 0.15) is 18.0 Å². The molecule has 0 aliphatic rings. The molecule has 0 saturated heterocycles. The Morgan fingerprint density at radius 1 is 0.976 bits per heavy atom. The third-order valence-corrected chi connectivity index (χ3v) is 5.70. The molecular formula is C27H23ClF4N4O6. The molecule has 0 bridgehead atoms. The molecule has 3 aromatic rings. The van der Waals surface area contributed by atoms with E-state index in [0.717, 1.165) is 6.07 Å². The number of aromatic nitrogens is 1. The number of amides is 2. The van der Waals surface area contributed by atoms with Gasteiger partial charge in [-0.25, -0.2) is 19.0 Å². The molecule has 0 radical (unpaired) electrons. The lowest BCUT2D eigenvalue weighted by Crippen LogP contribution is -2.40. The minimum atomic E-state index is -5.40. The molecular weight excluding hydrogens is 588 g/mol. The van der Waals surface area contributed by atoms with Gasteiger partial charge in [-0.1, -0.05) is 48.0 Å². The monoisotopic (exact) mass is 610 g/mol. The Balaban J connectivity index is 1.61. The first-order valence-corrected chi connectivity index (χ1v) is 12.5. The molecule has 10 nitrogen and oxygen atoms in total. The van der Waals surface area contributed by atoms with Gasteiger partial charge in [-0.15, -0.1) is 0 Å². The topological polar surface area (TPSA) is 136 Å². The van der Waals surface area contributed by atoms with Crippen molar-refractivity contribution in [1.29, 1.82) is 0 Å². The van der Waals surface area contributed by atoms with Crippen molar-refractivity contribution < 1.29 is 46.2 Å². The standard InChI is InChI=1S/C27H23ClF4N4O6/c28-19-13-18(8-9-20(19)29)16-4-6-17(7-5-16)21(14-24(38)42-25(39)27(30,31)32)36-23(37)15-35-26(40)41-12-11-34-22-3-1-2-10-33-22/h1-10,13,21H,11-12,14-15H2,(H,33,34)(H,35,40)(H,36,37). The number of ether oxygens (including phenoxy) is 2. The highest BCUT2D eigenvalue weighted by molar-refractivity contribution is 6.31. The van der Waals surface area contributed by atoms with Crippen molar-refractivity contribution in [2.45, 2.75) is 18.6 Å². The van der Waals surface area contributed by atoms with Gasteiger partial charge in [0.1, 0.15) is 24.8 Å². The quantitative estimate of drug-likeness (QED) is 0.124. The maximum absolute atomic E-state index is 13.5. The minimum Gasteiger partial charge on any atom is -0.448 e. The largest absolute Gasteiger partial charge is 0.491 e. The zero-order valence-electron chi connectivity index (χ0n) is 21.5. The molecule has 2 aromatic carbocycles. The molecule has 1 aromatic heterocycles. The van der Waals surface area contributed by atoms with Gasteiger partial charge in [0.2, 0.25) is 5.91 Å².